The largest absolute Gasteiger partial charge is 0.508 e. The van der Waals surface area contributed by atoms with Gasteiger partial charge in [-0.3, -0.25) is 4.79 Å². The summed E-state index contributed by atoms with van der Waals surface area (Å²) in [4.78, 5) is 14.0. The Morgan fingerprint density at radius 1 is 1.25 bits per heavy atom. The third-order valence-corrected chi connectivity index (χ3v) is 3.42. The summed E-state index contributed by atoms with van der Waals surface area (Å²) >= 11 is 3.40. The second-order valence-corrected chi connectivity index (χ2v) is 5.76. The highest BCUT2D eigenvalue weighted by atomic mass is 79.9. The smallest absolute Gasteiger partial charge is 0.253 e. The van der Waals surface area contributed by atoms with Crippen molar-refractivity contribution in [2.24, 2.45) is 0 Å². The fourth-order valence-corrected chi connectivity index (χ4v) is 2.69. The molecule has 0 unspecified atom stereocenters. The highest BCUT2D eigenvalue weighted by molar-refractivity contribution is 9.10. The first kappa shape index (κ1) is 14.6. The number of aromatic hydroxyl groups is 1. The number of hydrogen-bond acceptors (Lipinski definition) is 2. The summed E-state index contributed by atoms with van der Waals surface area (Å²) in [7, 11) is 1.75. The van der Waals surface area contributed by atoms with Crippen LogP contribution in [0.3, 0.4) is 0 Å². The molecule has 104 valence electrons. The first-order valence-corrected chi connectivity index (χ1v) is 7.05. The number of amides is 1. The van der Waals surface area contributed by atoms with Crippen molar-refractivity contribution in [3.63, 3.8) is 0 Å². The van der Waals surface area contributed by atoms with Crippen LogP contribution in [0.25, 0.3) is 0 Å². The number of aryl methyl sites for hydroxylation is 1. The molecule has 2 rings (SSSR count). The summed E-state index contributed by atoms with van der Waals surface area (Å²) in [6.07, 6.45) is 0. The normalized spacial score (nSPS) is 10.3. The Kier molecular flexibility index (Phi) is 4.45. The lowest BCUT2D eigenvalue weighted by Gasteiger charge is -2.18. The van der Waals surface area contributed by atoms with E-state index >= 15 is 0 Å². The van der Waals surface area contributed by atoms with Gasteiger partial charge in [-0.15, -0.1) is 0 Å². The van der Waals surface area contributed by atoms with Crippen LogP contribution >= 0.6 is 15.9 Å². The molecule has 0 saturated carbocycles. The molecular weight excluding hydrogens is 318 g/mol. The van der Waals surface area contributed by atoms with E-state index in [4.69, 9.17) is 0 Å². The number of phenolic OH excluding ortho intramolecular Hbond substituents is 1. The van der Waals surface area contributed by atoms with E-state index in [0.29, 0.717) is 12.1 Å². The Morgan fingerprint density at radius 3 is 2.65 bits per heavy atom. The highest BCUT2D eigenvalue weighted by Gasteiger charge is 2.13. The van der Waals surface area contributed by atoms with Crippen LogP contribution < -0.4 is 0 Å². The average molecular weight is 334 g/mol. The predicted octanol–water partition coefficient (Wildman–Crippen LogP) is 3.74. The van der Waals surface area contributed by atoms with E-state index in [1.807, 2.05) is 31.2 Å². The van der Waals surface area contributed by atoms with Crippen molar-refractivity contribution in [3.8, 4) is 5.75 Å². The van der Waals surface area contributed by atoms with E-state index in [9.17, 15) is 9.90 Å². The standard InChI is InChI=1S/C16H16BrNO2/c1-11-6-13(9-14(17)7-11)16(20)18(2)10-12-4-3-5-15(19)8-12/h3-9,19H,10H2,1-2H3. The fraction of sp³-hybridized carbons (Fsp3) is 0.188. The van der Waals surface area contributed by atoms with Gasteiger partial charge in [-0.25, -0.2) is 0 Å². The lowest BCUT2D eigenvalue weighted by atomic mass is 10.1. The Hall–Kier alpha value is -1.81. The van der Waals surface area contributed by atoms with Gasteiger partial charge in [-0.2, -0.15) is 0 Å². The van der Waals surface area contributed by atoms with Crippen LogP contribution in [0, 0.1) is 6.92 Å². The minimum atomic E-state index is -0.0438. The van der Waals surface area contributed by atoms with Gasteiger partial charge in [0.05, 0.1) is 0 Å². The van der Waals surface area contributed by atoms with Crippen LogP contribution in [0.2, 0.25) is 0 Å². The summed E-state index contributed by atoms with van der Waals surface area (Å²) in [5.41, 5.74) is 2.58. The number of phenols is 1. The van der Waals surface area contributed by atoms with Crippen molar-refractivity contribution in [1.82, 2.24) is 4.90 Å². The molecule has 0 atom stereocenters. The summed E-state index contributed by atoms with van der Waals surface area (Å²) in [5.74, 6) is 0.166. The molecule has 2 aromatic carbocycles. The van der Waals surface area contributed by atoms with Crippen LogP contribution in [0.5, 0.6) is 5.75 Å². The molecule has 0 spiro atoms. The SMILES string of the molecule is Cc1cc(Br)cc(C(=O)N(C)Cc2cccc(O)c2)c1. The summed E-state index contributed by atoms with van der Waals surface area (Å²) in [5, 5.41) is 9.44. The van der Waals surface area contributed by atoms with Gasteiger partial charge in [0.1, 0.15) is 5.75 Å². The molecule has 1 amide bonds. The molecule has 20 heavy (non-hydrogen) atoms. The Morgan fingerprint density at radius 2 is 2.00 bits per heavy atom. The average Bonchev–Trinajstić information content (AvgIpc) is 2.36. The van der Waals surface area contributed by atoms with Gasteiger partial charge in [0.25, 0.3) is 5.91 Å². The Labute approximate surface area is 127 Å². The third-order valence-electron chi connectivity index (χ3n) is 2.97. The van der Waals surface area contributed by atoms with E-state index < -0.39 is 0 Å². The molecule has 0 fully saturated rings. The van der Waals surface area contributed by atoms with Crippen molar-refractivity contribution in [2.45, 2.75) is 13.5 Å². The van der Waals surface area contributed by atoms with Gasteiger partial charge in [-0.1, -0.05) is 28.1 Å². The molecule has 0 radical (unpaired) electrons. The topological polar surface area (TPSA) is 40.5 Å². The first-order valence-electron chi connectivity index (χ1n) is 6.26. The molecule has 0 heterocycles. The van der Waals surface area contributed by atoms with E-state index in [1.165, 1.54) is 0 Å². The maximum absolute atomic E-state index is 12.4. The lowest BCUT2D eigenvalue weighted by Crippen LogP contribution is -2.26. The maximum Gasteiger partial charge on any atom is 0.253 e. The second-order valence-electron chi connectivity index (χ2n) is 4.85. The zero-order valence-electron chi connectivity index (χ0n) is 11.4. The fourth-order valence-electron chi connectivity index (χ4n) is 2.08. The number of rotatable bonds is 3. The first-order chi connectivity index (χ1) is 9.45. The number of halogens is 1. The van der Waals surface area contributed by atoms with Crippen molar-refractivity contribution >= 4 is 21.8 Å². The molecule has 3 nitrogen and oxygen atoms in total. The molecule has 0 bridgehead atoms. The van der Waals surface area contributed by atoms with E-state index in [1.54, 1.807) is 30.1 Å². The number of benzene rings is 2. The Bertz CT molecular complexity index is 620. The van der Waals surface area contributed by atoms with Gasteiger partial charge >= 0.3 is 0 Å². The monoisotopic (exact) mass is 333 g/mol. The molecule has 4 heteroatoms. The maximum atomic E-state index is 12.4. The molecule has 0 aromatic heterocycles. The van der Waals surface area contributed by atoms with Crippen LogP contribution in [0.1, 0.15) is 21.5 Å². The van der Waals surface area contributed by atoms with Crippen molar-refractivity contribution in [3.05, 3.63) is 63.6 Å². The van der Waals surface area contributed by atoms with Crippen LogP contribution in [0.4, 0.5) is 0 Å². The minimum Gasteiger partial charge on any atom is -0.508 e. The third kappa shape index (κ3) is 3.61. The number of nitrogens with zero attached hydrogens (tertiary/aromatic N) is 1. The summed E-state index contributed by atoms with van der Waals surface area (Å²) < 4.78 is 0.895. The van der Waals surface area contributed by atoms with Gasteiger partial charge in [0.2, 0.25) is 0 Å². The zero-order chi connectivity index (χ0) is 14.7. The zero-order valence-corrected chi connectivity index (χ0v) is 13.0. The minimum absolute atomic E-state index is 0.0438. The quantitative estimate of drug-likeness (QED) is 0.929. The van der Waals surface area contributed by atoms with Crippen LogP contribution in [0.15, 0.2) is 46.9 Å². The van der Waals surface area contributed by atoms with Gasteiger partial charge < -0.3 is 10.0 Å². The van der Waals surface area contributed by atoms with Crippen molar-refractivity contribution < 1.29 is 9.90 Å². The number of carbonyl (C=O) groups excluding carboxylic acids is 1. The van der Waals surface area contributed by atoms with Crippen LogP contribution in [-0.4, -0.2) is 23.0 Å². The lowest BCUT2D eigenvalue weighted by molar-refractivity contribution is 0.0785. The summed E-state index contributed by atoms with van der Waals surface area (Å²) in [6, 6.07) is 12.6. The van der Waals surface area contributed by atoms with Crippen LogP contribution in [-0.2, 0) is 6.54 Å². The van der Waals surface area contributed by atoms with Crippen molar-refractivity contribution in [1.29, 1.82) is 0 Å². The van der Waals surface area contributed by atoms with Crippen molar-refractivity contribution in [2.75, 3.05) is 7.05 Å². The van der Waals surface area contributed by atoms with Gasteiger partial charge in [-0.05, 0) is 48.4 Å². The van der Waals surface area contributed by atoms with Gasteiger partial charge in [0.15, 0.2) is 0 Å². The van der Waals surface area contributed by atoms with E-state index in [-0.39, 0.29) is 11.7 Å². The second kappa shape index (κ2) is 6.09. The summed E-state index contributed by atoms with van der Waals surface area (Å²) in [6.45, 7) is 2.41. The van der Waals surface area contributed by atoms with E-state index in [2.05, 4.69) is 15.9 Å². The molecule has 0 aliphatic carbocycles. The van der Waals surface area contributed by atoms with Gasteiger partial charge in [0, 0.05) is 23.6 Å². The molecule has 0 saturated heterocycles. The molecule has 0 aliphatic heterocycles. The molecule has 2 aromatic rings. The number of carbonyl (C=O) groups is 1. The molecule has 1 N–H and O–H groups in total. The number of hydrogen-bond donors (Lipinski definition) is 1. The highest BCUT2D eigenvalue weighted by Crippen LogP contribution is 2.18. The van der Waals surface area contributed by atoms with E-state index in [0.717, 1.165) is 15.6 Å². The molecule has 0 aliphatic rings. The Balaban J connectivity index is 2.16. The predicted molar refractivity (Wildman–Crippen MR) is 82.8 cm³/mol. The molecular formula is C16H16BrNO2.